The molecule has 1 aliphatic rings. The Labute approximate surface area is 147 Å². The Morgan fingerprint density at radius 2 is 2.00 bits per heavy atom. The van der Waals surface area contributed by atoms with Gasteiger partial charge in [0.1, 0.15) is 5.75 Å². The quantitative estimate of drug-likeness (QED) is 0.578. The molecule has 2 amide bonds. The summed E-state index contributed by atoms with van der Waals surface area (Å²) in [6, 6.07) is 5.26. The van der Waals surface area contributed by atoms with E-state index < -0.39 is 0 Å². The number of hydrogen-bond acceptors (Lipinski definition) is 5. The second-order valence-electron chi connectivity index (χ2n) is 5.38. The maximum Gasteiger partial charge on any atom is 0.253 e. The molecule has 1 aliphatic carbocycles. The lowest BCUT2D eigenvalue weighted by molar-refractivity contribution is -0.115. The number of amides is 2. The average molecular weight is 358 g/mol. The topological polar surface area (TPSA) is 88.7 Å². The number of anilines is 1. The maximum atomic E-state index is 12.3. The molecule has 1 saturated carbocycles. The first-order valence-electron chi connectivity index (χ1n) is 7.62. The number of hydrogen-bond donors (Lipinski definition) is 3. The molecule has 24 heavy (non-hydrogen) atoms. The van der Waals surface area contributed by atoms with Gasteiger partial charge < -0.3 is 25.4 Å². The average Bonchev–Trinajstić information content (AvgIpc) is 3.36. The summed E-state index contributed by atoms with van der Waals surface area (Å²) in [4.78, 5) is 24.3. The molecule has 0 unspecified atom stereocenters. The van der Waals surface area contributed by atoms with Crippen molar-refractivity contribution in [1.29, 1.82) is 0 Å². The van der Waals surface area contributed by atoms with Crippen LogP contribution in [0.5, 0.6) is 5.75 Å². The van der Waals surface area contributed by atoms with Crippen molar-refractivity contribution < 1.29 is 19.1 Å². The number of ether oxygens (including phenoxy) is 2. The first kappa shape index (κ1) is 20.2. The molecule has 0 spiro atoms. The molecule has 0 aliphatic heterocycles. The minimum Gasteiger partial charge on any atom is -0.497 e. The van der Waals surface area contributed by atoms with Crippen LogP contribution in [0, 0.1) is 0 Å². The highest BCUT2D eigenvalue weighted by molar-refractivity contribution is 6.04. The van der Waals surface area contributed by atoms with Crippen LogP contribution in [0.4, 0.5) is 5.69 Å². The first-order chi connectivity index (χ1) is 11.1. The van der Waals surface area contributed by atoms with Gasteiger partial charge in [0.25, 0.3) is 5.91 Å². The number of benzene rings is 1. The van der Waals surface area contributed by atoms with Crippen LogP contribution in [0.2, 0.25) is 0 Å². The van der Waals surface area contributed by atoms with Gasteiger partial charge in [0.2, 0.25) is 5.91 Å². The molecule has 7 nitrogen and oxygen atoms in total. The van der Waals surface area contributed by atoms with Gasteiger partial charge in [0.15, 0.2) is 0 Å². The highest BCUT2D eigenvalue weighted by Crippen LogP contribution is 2.24. The lowest BCUT2D eigenvalue weighted by atomic mass is 10.1. The lowest BCUT2D eigenvalue weighted by Crippen LogP contribution is -2.31. The third kappa shape index (κ3) is 6.35. The summed E-state index contributed by atoms with van der Waals surface area (Å²) in [5, 5.41) is 8.63. The van der Waals surface area contributed by atoms with Crippen LogP contribution in [0.1, 0.15) is 23.2 Å². The largest absolute Gasteiger partial charge is 0.497 e. The van der Waals surface area contributed by atoms with E-state index in [2.05, 4.69) is 16.0 Å². The zero-order valence-electron chi connectivity index (χ0n) is 13.9. The SMILES string of the molecule is COCCNCC(=O)Nc1ccc(OC)cc1C(=O)NC1CC1.Cl. The van der Waals surface area contributed by atoms with Crippen molar-refractivity contribution in [3.05, 3.63) is 23.8 Å². The van der Waals surface area contributed by atoms with E-state index in [0.717, 1.165) is 12.8 Å². The molecule has 0 aromatic heterocycles. The number of nitrogens with one attached hydrogen (secondary N) is 3. The molecule has 3 N–H and O–H groups in total. The Morgan fingerprint density at radius 3 is 2.62 bits per heavy atom. The van der Waals surface area contributed by atoms with E-state index in [4.69, 9.17) is 9.47 Å². The molecular formula is C16H24ClN3O4. The van der Waals surface area contributed by atoms with E-state index in [1.54, 1.807) is 25.3 Å². The molecule has 1 aromatic carbocycles. The van der Waals surface area contributed by atoms with Gasteiger partial charge in [0, 0.05) is 19.7 Å². The maximum absolute atomic E-state index is 12.3. The third-order valence-electron chi connectivity index (χ3n) is 3.43. The molecule has 8 heteroatoms. The Balaban J connectivity index is 0.00000288. The standard InChI is InChI=1S/C16H23N3O4.ClH/c1-22-8-7-17-10-15(20)19-14-6-5-12(23-2)9-13(14)16(21)18-11-3-4-11;/h5-6,9,11,17H,3-4,7-8,10H2,1-2H3,(H,18,21)(H,19,20);1H. The monoisotopic (exact) mass is 357 g/mol. The van der Waals surface area contributed by atoms with Crippen molar-refractivity contribution in [2.45, 2.75) is 18.9 Å². The van der Waals surface area contributed by atoms with Crippen molar-refractivity contribution in [2.24, 2.45) is 0 Å². The summed E-state index contributed by atoms with van der Waals surface area (Å²) >= 11 is 0. The summed E-state index contributed by atoms with van der Waals surface area (Å²) in [7, 11) is 3.14. The second kappa shape index (κ2) is 10.1. The normalized spacial score (nSPS) is 12.9. The Kier molecular flexibility index (Phi) is 8.53. The number of carbonyl (C=O) groups excluding carboxylic acids is 2. The number of methoxy groups -OCH3 is 2. The van der Waals surface area contributed by atoms with E-state index in [-0.39, 0.29) is 36.8 Å². The molecule has 0 atom stereocenters. The molecule has 2 rings (SSSR count). The number of rotatable bonds is 9. The second-order valence-corrected chi connectivity index (χ2v) is 5.38. The summed E-state index contributed by atoms with van der Waals surface area (Å²) in [5.41, 5.74) is 0.879. The fourth-order valence-electron chi connectivity index (χ4n) is 2.01. The molecule has 134 valence electrons. The minimum absolute atomic E-state index is 0. The molecule has 1 aromatic rings. The predicted molar refractivity (Wildman–Crippen MR) is 94.1 cm³/mol. The van der Waals surface area contributed by atoms with E-state index in [1.807, 2.05) is 0 Å². The lowest BCUT2D eigenvalue weighted by Gasteiger charge is -2.13. The van der Waals surface area contributed by atoms with Crippen LogP contribution in [-0.2, 0) is 9.53 Å². The Bertz CT molecular complexity index is 564. The zero-order chi connectivity index (χ0) is 16.7. The van der Waals surface area contributed by atoms with Crippen molar-refractivity contribution in [1.82, 2.24) is 10.6 Å². The van der Waals surface area contributed by atoms with E-state index in [9.17, 15) is 9.59 Å². The van der Waals surface area contributed by atoms with Gasteiger partial charge in [-0.1, -0.05) is 0 Å². The molecule has 0 heterocycles. The molecule has 1 fully saturated rings. The number of halogens is 1. The van der Waals surface area contributed by atoms with Crippen LogP contribution < -0.4 is 20.7 Å². The number of carbonyl (C=O) groups is 2. The zero-order valence-corrected chi connectivity index (χ0v) is 14.7. The van der Waals surface area contributed by atoms with Crippen LogP contribution in [0.3, 0.4) is 0 Å². The summed E-state index contributed by atoms with van der Waals surface area (Å²) < 4.78 is 10.1. The van der Waals surface area contributed by atoms with Crippen molar-refractivity contribution in [2.75, 3.05) is 39.2 Å². The highest BCUT2D eigenvalue weighted by Gasteiger charge is 2.25. The summed E-state index contributed by atoms with van der Waals surface area (Å²) in [6.45, 7) is 1.27. The van der Waals surface area contributed by atoms with Crippen LogP contribution >= 0.6 is 12.4 Å². The fraction of sp³-hybridized carbons (Fsp3) is 0.500. The fourth-order valence-corrected chi connectivity index (χ4v) is 2.01. The Hall–Kier alpha value is -1.83. The van der Waals surface area contributed by atoms with Gasteiger partial charge in [-0.2, -0.15) is 0 Å². The summed E-state index contributed by atoms with van der Waals surface area (Å²) in [5.74, 6) is 0.156. The van der Waals surface area contributed by atoms with Gasteiger partial charge in [-0.3, -0.25) is 9.59 Å². The molecular weight excluding hydrogens is 334 g/mol. The smallest absolute Gasteiger partial charge is 0.253 e. The van der Waals surface area contributed by atoms with Gasteiger partial charge in [-0.25, -0.2) is 0 Å². The molecule has 0 saturated heterocycles. The van der Waals surface area contributed by atoms with Crippen molar-refractivity contribution >= 4 is 29.9 Å². The van der Waals surface area contributed by atoms with Gasteiger partial charge in [0.05, 0.1) is 31.5 Å². The van der Waals surface area contributed by atoms with Gasteiger partial charge in [-0.05, 0) is 31.0 Å². The van der Waals surface area contributed by atoms with Crippen molar-refractivity contribution in [3.63, 3.8) is 0 Å². The van der Waals surface area contributed by atoms with Crippen LogP contribution in [-0.4, -0.2) is 51.8 Å². The van der Waals surface area contributed by atoms with Crippen LogP contribution in [0.15, 0.2) is 18.2 Å². The molecule has 0 radical (unpaired) electrons. The molecule has 0 bridgehead atoms. The minimum atomic E-state index is -0.216. The predicted octanol–water partition coefficient (Wildman–Crippen LogP) is 1.18. The third-order valence-corrected chi connectivity index (χ3v) is 3.43. The first-order valence-corrected chi connectivity index (χ1v) is 7.62. The van der Waals surface area contributed by atoms with E-state index in [1.165, 1.54) is 7.11 Å². The Morgan fingerprint density at radius 1 is 1.25 bits per heavy atom. The van der Waals surface area contributed by atoms with E-state index >= 15 is 0 Å². The van der Waals surface area contributed by atoms with Crippen molar-refractivity contribution in [3.8, 4) is 5.75 Å². The summed E-state index contributed by atoms with van der Waals surface area (Å²) in [6.07, 6.45) is 2.00. The van der Waals surface area contributed by atoms with E-state index in [0.29, 0.717) is 30.2 Å². The van der Waals surface area contributed by atoms with Gasteiger partial charge >= 0.3 is 0 Å². The van der Waals surface area contributed by atoms with Gasteiger partial charge in [-0.15, -0.1) is 12.4 Å². The van der Waals surface area contributed by atoms with Crippen LogP contribution in [0.25, 0.3) is 0 Å². The highest BCUT2D eigenvalue weighted by atomic mass is 35.5.